The van der Waals surface area contributed by atoms with Crippen molar-refractivity contribution in [2.75, 3.05) is 37.8 Å². The number of hydrogen-bond donors (Lipinski definition) is 0. The SMILES string of the molecule is Cc1cccc2sc(N(CCN(C)C)C(=O)CCSc3ccc(Cl)cc3)nc12. The minimum atomic E-state index is 0.111. The van der Waals surface area contributed by atoms with Gasteiger partial charge in [-0.3, -0.25) is 9.69 Å². The lowest BCUT2D eigenvalue weighted by Gasteiger charge is -2.22. The van der Waals surface area contributed by atoms with E-state index in [0.29, 0.717) is 13.0 Å². The molecule has 0 aliphatic carbocycles. The molecule has 0 bridgehead atoms. The Morgan fingerprint density at radius 2 is 1.89 bits per heavy atom. The number of benzene rings is 2. The molecular formula is C21H24ClN3OS2. The molecule has 3 aromatic rings. The average Bonchev–Trinajstić information content (AvgIpc) is 3.08. The Balaban J connectivity index is 1.71. The maximum absolute atomic E-state index is 13.0. The molecule has 0 unspecified atom stereocenters. The third kappa shape index (κ3) is 5.47. The van der Waals surface area contributed by atoms with Crippen LogP contribution < -0.4 is 4.90 Å². The Morgan fingerprint density at radius 1 is 1.14 bits per heavy atom. The van der Waals surface area contributed by atoms with Gasteiger partial charge in [0.25, 0.3) is 0 Å². The van der Waals surface area contributed by atoms with Gasteiger partial charge < -0.3 is 4.90 Å². The van der Waals surface area contributed by atoms with Crippen molar-refractivity contribution >= 4 is 56.0 Å². The fourth-order valence-electron chi connectivity index (χ4n) is 2.74. The zero-order valence-corrected chi connectivity index (χ0v) is 18.7. The van der Waals surface area contributed by atoms with Crippen molar-refractivity contribution < 1.29 is 4.79 Å². The fraction of sp³-hybridized carbons (Fsp3) is 0.333. The Kier molecular flexibility index (Phi) is 7.35. The molecule has 0 aliphatic heterocycles. The zero-order valence-electron chi connectivity index (χ0n) is 16.3. The van der Waals surface area contributed by atoms with Crippen LogP contribution in [0, 0.1) is 6.92 Å². The average molecular weight is 434 g/mol. The number of anilines is 1. The summed E-state index contributed by atoms with van der Waals surface area (Å²) in [6.45, 7) is 3.49. The lowest BCUT2D eigenvalue weighted by Crippen LogP contribution is -2.36. The Labute approximate surface area is 179 Å². The van der Waals surface area contributed by atoms with Gasteiger partial charge in [0.2, 0.25) is 5.91 Å². The quantitative estimate of drug-likeness (QED) is 0.449. The summed E-state index contributed by atoms with van der Waals surface area (Å²) in [5, 5.41) is 1.51. The first-order valence-corrected chi connectivity index (χ1v) is 11.3. The highest BCUT2D eigenvalue weighted by atomic mass is 35.5. The largest absolute Gasteiger partial charge is 0.308 e. The van der Waals surface area contributed by atoms with Gasteiger partial charge in [0.15, 0.2) is 5.13 Å². The molecule has 0 fully saturated rings. The molecule has 148 valence electrons. The molecule has 0 N–H and O–H groups in total. The standard InChI is InChI=1S/C21H24ClN3OS2/c1-15-5-4-6-18-20(15)23-21(28-18)25(13-12-24(2)3)19(26)11-14-27-17-9-7-16(22)8-10-17/h4-10H,11-14H2,1-3H3. The van der Waals surface area contributed by atoms with Crippen molar-refractivity contribution in [2.45, 2.75) is 18.2 Å². The minimum absolute atomic E-state index is 0.111. The maximum Gasteiger partial charge on any atom is 0.229 e. The van der Waals surface area contributed by atoms with Gasteiger partial charge in [-0.1, -0.05) is 35.1 Å². The molecule has 0 atom stereocenters. The number of aromatic nitrogens is 1. The van der Waals surface area contributed by atoms with Gasteiger partial charge >= 0.3 is 0 Å². The van der Waals surface area contributed by atoms with E-state index in [1.807, 2.05) is 49.3 Å². The number of carbonyl (C=O) groups is 1. The van der Waals surface area contributed by atoms with Crippen LogP contribution in [0.3, 0.4) is 0 Å². The second kappa shape index (κ2) is 9.74. The van der Waals surface area contributed by atoms with Crippen LogP contribution in [-0.4, -0.2) is 48.7 Å². The van der Waals surface area contributed by atoms with Crippen LogP contribution in [0.15, 0.2) is 47.4 Å². The molecule has 0 spiro atoms. The fourth-order valence-corrected chi connectivity index (χ4v) is 4.79. The molecule has 4 nitrogen and oxygen atoms in total. The van der Waals surface area contributed by atoms with Gasteiger partial charge in [-0.25, -0.2) is 4.98 Å². The molecule has 1 heterocycles. The number of carbonyl (C=O) groups excluding carboxylic acids is 1. The molecule has 3 rings (SSSR count). The molecule has 7 heteroatoms. The van der Waals surface area contributed by atoms with Crippen molar-refractivity contribution in [3.63, 3.8) is 0 Å². The number of fused-ring (bicyclic) bond motifs is 1. The van der Waals surface area contributed by atoms with E-state index in [-0.39, 0.29) is 5.91 Å². The lowest BCUT2D eigenvalue weighted by atomic mass is 10.2. The van der Waals surface area contributed by atoms with Gasteiger partial charge in [-0.2, -0.15) is 0 Å². The van der Waals surface area contributed by atoms with Gasteiger partial charge in [-0.05, 0) is 56.9 Å². The van der Waals surface area contributed by atoms with Crippen LogP contribution in [0.4, 0.5) is 5.13 Å². The predicted molar refractivity (Wildman–Crippen MR) is 122 cm³/mol. The minimum Gasteiger partial charge on any atom is -0.308 e. The van der Waals surface area contributed by atoms with E-state index >= 15 is 0 Å². The number of para-hydroxylation sites is 1. The second-order valence-corrected chi connectivity index (χ2v) is 9.43. The van der Waals surface area contributed by atoms with E-state index in [1.165, 1.54) is 0 Å². The smallest absolute Gasteiger partial charge is 0.229 e. The van der Waals surface area contributed by atoms with E-state index in [4.69, 9.17) is 16.6 Å². The molecule has 0 saturated heterocycles. The van der Waals surface area contributed by atoms with E-state index in [9.17, 15) is 4.79 Å². The van der Waals surface area contributed by atoms with Crippen LogP contribution in [0.25, 0.3) is 10.2 Å². The van der Waals surface area contributed by atoms with Gasteiger partial charge in [-0.15, -0.1) is 11.8 Å². The highest BCUT2D eigenvalue weighted by Crippen LogP contribution is 2.31. The Hall–Kier alpha value is -1.60. The number of likely N-dealkylation sites (N-methyl/N-ethyl adjacent to an activating group) is 1. The number of nitrogens with zero attached hydrogens (tertiary/aromatic N) is 3. The third-order valence-electron chi connectivity index (χ3n) is 4.31. The number of aryl methyl sites for hydroxylation is 1. The third-order valence-corrected chi connectivity index (χ3v) is 6.62. The van der Waals surface area contributed by atoms with Gasteiger partial charge in [0, 0.05) is 35.2 Å². The highest BCUT2D eigenvalue weighted by Gasteiger charge is 2.20. The molecule has 1 amide bonds. The number of thioether (sulfide) groups is 1. The molecule has 0 saturated carbocycles. The van der Waals surface area contributed by atoms with Crippen LogP contribution in [0.2, 0.25) is 5.02 Å². The highest BCUT2D eigenvalue weighted by molar-refractivity contribution is 7.99. The summed E-state index contributed by atoms with van der Waals surface area (Å²) < 4.78 is 1.12. The Morgan fingerprint density at radius 3 is 2.57 bits per heavy atom. The number of amides is 1. The Bertz CT molecular complexity index is 940. The normalized spacial score (nSPS) is 11.3. The second-order valence-electron chi connectivity index (χ2n) is 6.82. The zero-order chi connectivity index (χ0) is 20.1. The first kappa shape index (κ1) is 21.1. The summed E-state index contributed by atoms with van der Waals surface area (Å²) in [4.78, 5) is 22.8. The molecule has 0 radical (unpaired) electrons. The summed E-state index contributed by atoms with van der Waals surface area (Å²) in [6.07, 6.45) is 0.468. The van der Waals surface area contributed by atoms with Gasteiger partial charge in [0.1, 0.15) is 0 Å². The molecule has 1 aromatic heterocycles. The predicted octanol–water partition coefficient (Wildman–Crippen LogP) is 5.34. The summed E-state index contributed by atoms with van der Waals surface area (Å²) in [5.41, 5.74) is 2.12. The van der Waals surface area contributed by atoms with E-state index in [2.05, 4.69) is 24.0 Å². The summed E-state index contributed by atoms with van der Waals surface area (Å²) in [6, 6.07) is 13.9. The topological polar surface area (TPSA) is 36.4 Å². The van der Waals surface area contributed by atoms with Crippen LogP contribution in [-0.2, 0) is 4.79 Å². The summed E-state index contributed by atoms with van der Waals surface area (Å²) in [5.74, 6) is 0.836. The monoisotopic (exact) mass is 433 g/mol. The van der Waals surface area contributed by atoms with Crippen LogP contribution in [0.1, 0.15) is 12.0 Å². The van der Waals surface area contributed by atoms with Crippen molar-refractivity contribution in [3.8, 4) is 0 Å². The van der Waals surface area contributed by atoms with Crippen molar-refractivity contribution in [1.29, 1.82) is 0 Å². The summed E-state index contributed by atoms with van der Waals surface area (Å²) in [7, 11) is 4.03. The number of thiazole rings is 1. The maximum atomic E-state index is 13.0. The first-order valence-electron chi connectivity index (χ1n) is 9.13. The van der Waals surface area contributed by atoms with E-state index in [1.54, 1.807) is 23.1 Å². The molecule has 2 aromatic carbocycles. The molecular weight excluding hydrogens is 410 g/mol. The van der Waals surface area contributed by atoms with Crippen molar-refractivity contribution in [1.82, 2.24) is 9.88 Å². The van der Waals surface area contributed by atoms with Crippen LogP contribution >= 0.6 is 34.7 Å². The molecule has 28 heavy (non-hydrogen) atoms. The van der Waals surface area contributed by atoms with Crippen LogP contribution in [0.5, 0.6) is 0 Å². The van der Waals surface area contributed by atoms with E-state index in [0.717, 1.165) is 43.1 Å². The van der Waals surface area contributed by atoms with Gasteiger partial charge in [0.05, 0.1) is 10.2 Å². The number of halogens is 1. The number of rotatable bonds is 8. The lowest BCUT2D eigenvalue weighted by molar-refractivity contribution is -0.118. The van der Waals surface area contributed by atoms with E-state index < -0.39 is 0 Å². The summed E-state index contributed by atoms with van der Waals surface area (Å²) >= 11 is 9.18. The first-order chi connectivity index (χ1) is 13.4. The molecule has 0 aliphatic rings. The van der Waals surface area contributed by atoms with Crippen molar-refractivity contribution in [3.05, 3.63) is 53.1 Å². The number of hydrogen-bond acceptors (Lipinski definition) is 5. The van der Waals surface area contributed by atoms with Crippen molar-refractivity contribution in [2.24, 2.45) is 0 Å².